The number of hydrogen-bond acceptors (Lipinski definition) is 7. The summed E-state index contributed by atoms with van der Waals surface area (Å²) in [6.45, 7) is 4.93. The number of aryl methyl sites for hydroxylation is 1. The molecule has 2 fully saturated rings. The van der Waals surface area contributed by atoms with E-state index in [0.717, 1.165) is 68.4 Å². The zero-order chi connectivity index (χ0) is 19.8. The summed E-state index contributed by atoms with van der Waals surface area (Å²) in [6, 6.07) is 4.09. The molecule has 2 aliphatic rings. The van der Waals surface area contributed by atoms with Gasteiger partial charge in [-0.2, -0.15) is 4.52 Å². The van der Waals surface area contributed by atoms with E-state index >= 15 is 0 Å². The fraction of sp³-hybridized carbons (Fsp3) is 0.550. The third-order valence-corrected chi connectivity index (χ3v) is 6.06. The third kappa shape index (κ3) is 3.62. The predicted octanol–water partition coefficient (Wildman–Crippen LogP) is 1.20. The van der Waals surface area contributed by atoms with E-state index in [0.29, 0.717) is 5.92 Å². The summed E-state index contributed by atoms with van der Waals surface area (Å²) in [5.74, 6) is 2.36. The van der Waals surface area contributed by atoms with Crippen LogP contribution in [0.25, 0.3) is 5.65 Å². The van der Waals surface area contributed by atoms with E-state index in [2.05, 4.69) is 31.0 Å². The van der Waals surface area contributed by atoms with Crippen molar-refractivity contribution in [3.63, 3.8) is 0 Å². The Morgan fingerprint density at radius 1 is 1.07 bits per heavy atom. The molecular formula is C20H26N8O. The van der Waals surface area contributed by atoms with Gasteiger partial charge < -0.3 is 9.47 Å². The minimum atomic E-state index is -0.216. The van der Waals surface area contributed by atoms with Gasteiger partial charge in [0.25, 0.3) is 0 Å². The van der Waals surface area contributed by atoms with Crippen LogP contribution in [-0.2, 0) is 13.6 Å². The molecule has 0 atom stereocenters. The zero-order valence-electron chi connectivity index (χ0n) is 16.7. The Hall–Kier alpha value is -2.81. The van der Waals surface area contributed by atoms with Crippen LogP contribution in [-0.4, -0.2) is 60.4 Å². The lowest BCUT2D eigenvalue weighted by Crippen LogP contribution is -2.33. The molecule has 5 rings (SSSR count). The van der Waals surface area contributed by atoms with Crippen molar-refractivity contribution in [1.29, 1.82) is 0 Å². The Kier molecular flexibility index (Phi) is 4.75. The molecule has 0 N–H and O–H groups in total. The van der Waals surface area contributed by atoms with Crippen molar-refractivity contribution in [2.24, 2.45) is 7.05 Å². The van der Waals surface area contributed by atoms with Crippen molar-refractivity contribution in [3.8, 4) is 0 Å². The van der Waals surface area contributed by atoms with E-state index in [1.807, 2.05) is 16.8 Å². The van der Waals surface area contributed by atoms with Gasteiger partial charge in [-0.25, -0.2) is 9.78 Å². The molecule has 3 aromatic rings. The van der Waals surface area contributed by atoms with Crippen LogP contribution in [0.4, 0.5) is 5.82 Å². The average molecular weight is 394 g/mol. The summed E-state index contributed by atoms with van der Waals surface area (Å²) < 4.78 is 3.49. The Morgan fingerprint density at radius 3 is 2.62 bits per heavy atom. The van der Waals surface area contributed by atoms with Gasteiger partial charge in [-0.15, -0.1) is 15.3 Å². The molecule has 0 saturated carbocycles. The van der Waals surface area contributed by atoms with Gasteiger partial charge in [-0.1, -0.05) is 0 Å². The van der Waals surface area contributed by atoms with Gasteiger partial charge in [0.2, 0.25) is 0 Å². The monoisotopic (exact) mass is 394 g/mol. The average Bonchev–Trinajstić information content (AvgIpc) is 3.41. The SMILES string of the molecule is Cn1cc(CN2CCC(c3nnc4ccc(N5CCCC5)nn34)CC2)cnc1=O. The second-order valence-electron chi connectivity index (χ2n) is 8.12. The van der Waals surface area contributed by atoms with E-state index in [1.165, 1.54) is 17.4 Å². The minimum Gasteiger partial charge on any atom is -0.355 e. The molecule has 29 heavy (non-hydrogen) atoms. The highest BCUT2D eigenvalue weighted by atomic mass is 16.1. The van der Waals surface area contributed by atoms with E-state index in [9.17, 15) is 4.79 Å². The second-order valence-corrected chi connectivity index (χ2v) is 8.12. The molecule has 9 nitrogen and oxygen atoms in total. The molecule has 0 spiro atoms. The van der Waals surface area contributed by atoms with Crippen molar-refractivity contribution < 1.29 is 0 Å². The van der Waals surface area contributed by atoms with Crippen LogP contribution in [0.2, 0.25) is 0 Å². The van der Waals surface area contributed by atoms with Gasteiger partial charge in [-0.3, -0.25) is 4.90 Å². The molecule has 0 amide bonds. The minimum absolute atomic E-state index is 0.216. The normalized spacial score (nSPS) is 18.7. The van der Waals surface area contributed by atoms with Crippen molar-refractivity contribution in [2.75, 3.05) is 31.1 Å². The highest BCUT2D eigenvalue weighted by molar-refractivity contribution is 5.46. The van der Waals surface area contributed by atoms with Gasteiger partial charge >= 0.3 is 5.69 Å². The molecule has 0 radical (unpaired) electrons. The van der Waals surface area contributed by atoms with Crippen LogP contribution in [0.3, 0.4) is 0 Å². The number of nitrogens with zero attached hydrogens (tertiary/aromatic N) is 8. The smallest absolute Gasteiger partial charge is 0.347 e. The summed E-state index contributed by atoms with van der Waals surface area (Å²) in [4.78, 5) is 20.1. The molecule has 2 aliphatic heterocycles. The molecule has 0 bridgehead atoms. The Bertz CT molecular complexity index is 1060. The summed E-state index contributed by atoms with van der Waals surface area (Å²) in [6.07, 6.45) is 8.07. The fourth-order valence-corrected chi connectivity index (χ4v) is 4.42. The van der Waals surface area contributed by atoms with Crippen LogP contribution < -0.4 is 10.6 Å². The first-order chi connectivity index (χ1) is 14.2. The second kappa shape index (κ2) is 7.55. The number of rotatable bonds is 4. The molecule has 0 unspecified atom stereocenters. The molecule has 2 saturated heterocycles. The number of likely N-dealkylation sites (tertiary alicyclic amines) is 1. The van der Waals surface area contributed by atoms with E-state index in [1.54, 1.807) is 13.2 Å². The van der Waals surface area contributed by atoms with Gasteiger partial charge in [0.05, 0.1) is 0 Å². The number of fused-ring (bicyclic) bond motifs is 1. The standard InChI is InChI=1S/C20H26N8O/c1-25-13-15(12-21-20(25)29)14-26-10-6-16(7-11-26)19-23-22-17-4-5-18(24-28(17)19)27-8-2-3-9-27/h4-5,12-13,16H,2-3,6-11,14H2,1H3. The van der Waals surface area contributed by atoms with Crippen LogP contribution in [0.1, 0.15) is 43.0 Å². The summed E-state index contributed by atoms with van der Waals surface area (Å²) in [7, 11) is 1.74. The third-order valence-electron chi connectivity index (χ3n) is 6.06. The number of hydrogen-bond donors (Lipinski definition) is 0. The molecule has 9 heteroatoms. The number of aromatic nitrogens is 6. The number of anilines is 1. The number of piperidine rings is 1. The Morgan fingerprint density at radius 2 is 1.86 bits per heavy atom. The van der Waals surface area contributed by atoms with Crippen molar-refractivity contribution in [2.45, 2.75) is 38.1 Å². The predicted molar refractivity (Wildman–Crippen MR) is 109 cm³/mol. The first-order valence-corrected chi connectivity index (χ1v) is 10.4. The molecule has 0 aromatic carbocycles. The summed E-state index contributed by atoms with van der Waals surface area (Å²) >= 11 is 0. The molecule has 0 aliphatic carbocycles. The fourth-order valence-electron chi connectivity index (χ4n) is 4.42. The van der Waals surface area contributed by atoms with E-state index in [-0.39, 0.29) is 5.69 Å². The van der Waals surface area contributed by atoms with E-state index < -0.39 is 0 Å². The molecule has 3 aromatic heterocycles. The highest BCUT2D eigenvalue weighted by Gasteiger charge is 2.26. The summed E-state index contributed by atoms with van der Waals surface area (Å²) in [5.41, 5.74) is 1.67. The van der Waals surface area contributed by atoms with Crippen LogP contribution in [0.15, 0.2) is 29.3 Å². The lowest BCUT2D eigenvalue weighted by atomic mass is 9.96. The van der Waals surface area contributed by atoms with E-state index in [4.69, 9.17) is 5.10 Å². The first-order valence-electron chi connectivity index (χ1n) is 10.4. The lowest BCUT2D eigenvalue weighted by molar-refractivity contribution is 0.200. The maximum absolute atomic E-state index is 11.5. The van der Waals surface area contributed by atoms with Gasteiger partial charge in [0.15, 0.2) is 11.5 Å². The summed E-state index contributed by atoms with van der Waals surface area (Å²) in [5, 5.41) is 13.7. The maximum atomic E-state index is 11.5. The Labute approximate surface area is 169 Å². The molecule has 5 heterocycles. The maximum Gasteiger partial charge on any atom is 0.347 e. The van der Waals surface area contributed by atoms with Gasteiger partial charge in [0.1, 0.15) is 5.82 Å². The van der Waals surface area contributed by atoms with Gasteiger partial charge in [-0.05, 0) is 50.9 Å². The molecular weight excluding hydrogens is 368 g/mol. The largest absolute Gasteiger partial charge is 0.355 e. The van der Waals surface area contributed by atoms with Crippen molar-refractivity contribution in [1.82, 2.24) is 34.3 Å². The zero-order valence-corrected chi connectivity index (χ0v) is 16.7. The van der Waals surface area contributed by atoms with Gasteiger partial charge in [0, 0.05) is 50.6 Å². The Balaban J connectivity index is 1.28. The van der Waals surface area contributed by atoms with Crippen molar-refractivity contribution >= 4 is 11.5 Å². The van der Waals surface area contributed by atoms with Crippen LogP contribution in [0, 0.1) is 0 Å². The quantitative estimate of drug-likeness (QED) is 0.657. The van der Waals surface area contributed by atoms with Crippen LogP contribution >= 0.6 is 0 Å². The first kappa shape index (κ1) is 18.2. The molecule has 152 valence electrons. The highest BCUT2D eigenvalue weighted by Crippen LogP contribution is 2.28. The van der Waals surface area contributed by atoms with Crippen LogP contribution in [0.5, 0.6) is 0 Å². The lowest BCUT2D eigenvalue weighted by Gasteiger charge is -2.31. The topological polar surface area (TPSA) is 84.5 Å². The van der Waals surface area contributed by atoms with Crippen molar-refractivity contribution in [3.05, 3.63) is 46.4 Å².